The summed E-state index contributed by atoms with van der Waals surface area (Å²) in [5.41, 5.74) is 5.96. The van der Waals surface area contributed by atoms with Crippen molar-refractivity contribution in [3.63, 3.8) is 0 Å². The molecule has 4 heteroatoms. The smallest absolute Gasteiger partial charge is 0.223 e. The molecule has 0 saturated heterocycles. The van der Waals surface area contributed by atoms with Crippen LogP contribution < -0.4 is 11.1 Å². The second-order valence-electron chi connectivity index (χ2n) is 5.53. The summed E-state index contributed by atoms with van der Waals surface area (Å²) >= 11 is 0. The van der Waals surface area contributed by atoms with Crippen LogP contribution in [0.5, 0.6) is 0 Å². The molecule has 0 spiro atoms. The molecule has 0 aromatic carbocycles. The average molecular weight is 256 g/mol. The van der Waals surface area contributed by atoms with Gasteiger partial charge in [0.2, 0.25) is 5.91 Å². The first-order valence-electron chi connectivity index (χ1n) is 7.24. The number of hydrogen-bond donors (Lipinski definition) is 2. The number of hydrogen-bond acceptors (Lipinski definition) is 3. The Balaban J connectivity index is 2.12. The zero-order valence-corrected chi connectivity index (χ0v) is 11.8. The molecule has 0 bridgehead atoms. The van der Waals surface area contributed by atoms with Gasteiger partial charge in [-0.25, -0.2) is 0 Å². The highest BCUT2D eigenvalue weighted by Crippen LogP contribution is 2.27. The first-order valence-corrected chi connectivity index (χ1v) is 7.24. The van der Waals surface area contributed by atoms with Crippen molar-refractivity contribution in [1.29, 1.82) is 0 Å². The molecule has 1 fully saturated rings. The van der Waals surface area contributed by atoms with Crippen LogP contribution in [-0.4, -0.2) is 31.7 Å². The van der Waals surface area contributed by atoms with Crippen molar-refractivity contribution < 1.29 is 9.53 Å². The molecule has 0 aliphatic heterocycles. The predicted molar refractivity (Wildman–Crippen MR) is 73.2 cm³/mol. The summed E-state index contributed by atoms with van der Waals surface area (Å²) in [6, 6.07) is 0.192. The molecule has 1 saturated carbocycles. The number of ether oxygens (including phenoxy) is 1. The minimum atomic E-state index is 0.111. The van der Waals surface area contributed by atoms with Crippen molar-refractivity contribution in [2.45, 2.75) is 52.0 Å². The summed E-state index contributed by atoms with van der Waals surface area (Å²) in [7, 11) is 0. The summed E-state index contributed by atoms with van der Waals surface area (Å²) in [5.74, 6) is 0.852. The van der Waals surface area contributed by atoms with Crippen LogP contribution in [0.25, 0.3) is 0 Å². The molecule has 0 aromatic heterocycles. The number of nitrogens with two attached hydrogens (primary N) is 1. The second kappa shape index (κ2) is 8.48. The summed E-state index contributed by atoms with van der Waals surface area (Å²) in [6.07, 6.45) is 4.80. The van der Waals surface area contributed by atoms with E-state index < -0.39 is 0 Å². The first kappa shape index (κ1) is 15.4. The van der Waals surface area contributed by atoms with E-state index in [-0.39, 0.29) is 17.9 Å². The van der Waals surface area contributed by atoms with Gasteiger partial charge in [0.25, 0.3) is 0 Å². The Hall–Kier alpha value is -0.610. The molecule has 0 radical (unpaired) electrons. The lowest BCUT2D eigenvalue weighted by Gasteiger charge is -2.30. The maximum absolute atomic E-state index is 12.0. The third kappa shape index (κ3) is 5.83. The molecular weight excluding hydrogens is 228 g/mol. The number of rotatable bonds is 7. The largest absolute Gasteiger partial charge is 0.381 e. The van der Waals surface area contributed by atoms with Crippen molar-refractivity contribution in [3.8, 4) is 0 Å². The molecule has 106 valence electrons. The Morgan fingerprint density at radius 3 is 2.78 bits per heavy atom. The van der Waals surface area contributed by atoms with Crippen LogP contribution in [0, 0.1) is 11.8 Å². The lowest BCUT2D eigenvalue weighted by molar-refractivity contribution is -0.126. The zero-order valence-electron chi connectivity index (χ0n) is 11.8. The molecule has 3 atom stereocenters. The van der Waals surface area contributed by atoms with Crippen LogP contribution in [0.4, 0.5) is 0 Å². The van der Waals surface area contributed by atoms with E-state index in [4.69, 9.17) is 10.5 Å². The van der Waals surface area contributed by atoms with Crippen molar-refractivity contribution in [3.05, 3.63) is 0 Å². The Morgan fingerprint density at radius 1 is 1.33 bits per heavy atom. The van der Waals surface area contributed by atoms with Gasteiger partial charge >= 0.3 is 0 Å². The number of carbonyl (C=O) groups excluding carboxylic acids is 1. The van der Waals surface area contributed by atoms with Crippen molar-refractivity contribution in [2.75, 3.05) is 19.8 Å². The Kier molecular flexibility index (Phi) is 7.28. The number of carbonyl (C=O) groups is 1. The number of amides is 1. The maximum atomic E-state index is 12.0. The van der Waals surface area contributed by atoms with Crippen LogP contribution in [-0.2, 0) is 9.53 Å². The molecule has 18 heavy (non-hydrogen) atoms. The third-order valence-corrected chi connectivity index (χ3v) is 3.46. The lowest BCUT2D eigenvalue weighted by Crippen LogP contribution is -2.40. The van der Waals surface area contributed by atoms with Gasteiger partial charge in [0.1, 0.15) is 0 Å². The molecule has 0 aromatic rings. The summed E-state index contributed by atoms with van der Waals surface area (Å²) in [6.45, 7) is 6.52. The molecular formula is C14H28N2O2. The SMILES string of the molecule is CCCOCCCNC(=O)C1CC(C)CC(N)C1. The van der Waals surface area contributed by atoms with Crippen molar-refractivity contribution in [1.82, 2.24) is 5.32 Å². The third-order valence-electron chi connectivity index (χ3n) is 3.46. The molecule has 3 N–H and O–H groups in total. The van der Waals surface area contributed by atoms with Crippen molar-refractivity contribution >= 4 is 5.91 Å². The fraction of sp³-hybridized carbons (Fsp3) is 0.929. The predicted octanol–water partition coefficient (Wildman–Crippen LogP) is 1.68. The molecule has 1 aliphatic carbocycles. The van der Waals surface area contributed by atoms with Crippen LogP contribution in [0.1, 0.15) is 46.0 Å². The van der Waals surface area contributed by atoms with E-state index in [2.05, 4.69) is 19.2 Å². The quantitative estimate of drug-likeness (QED) is 0.681. The van der Waals surface area contributed by atoms with Gasteiger partial charge in [-0.2, -0.15) is 0 Å². The van der Waals surface area contributed by atoms with Gasteiger partial charge in [0.15, 0.2) is 0 Å². The second-order valence-corrected chi connectivity index (χ2v) is 5.53. The summed E-state index contributed by atoms with van der Waals surface area (Å²) in [5, 5.41) is 3.00. The topological polar surface area (TPSA) is 64.3 Å². The van der Waals surface area contributed by atoms with Crippen molar-refractivity contribution in [2.24, 2.45) is 17.6 Å². The standard InChI is InChI=1S/C14H28N2O2/c1-3-6-18-7-4-5-16-14(17)12-8-11(2)9-13(15)10-12/h11-13H,3-10,15H2,1-2H3,(H,16,17). The van der Waals surface area contributed by atoms with Crippen LogP contribution in [0.3, 0.4) is 0 Å². The maximum Gasteiger partial charge on any atom is 0.223 e. The van der Waals surface area contributed by atoms with E-state index in [0.29, 0.717) is 12.5 Å². The molecule has 3 unspecified atom stereocenters. The van der Waals surface area contributed by atoms with Gasteiger partial charge < -0.3 is 15.8 Å². The summed E-state index contributed by atoms with van der Waals surface area (Å²) in [4.78, 5) is 12.0. The van der Waals surface area contributed by atoms with E-state index in [9.17, 15) is 4.79 Å². The van der Waals surface area contributed by atoms with E-state index in [0.717, 1.165) is 45.3 Å². The lowest BCUT2D eigenvalue weighted by atomic mass is 9.79. The van der Waals surface area contributed by atoms with Gasteiger partial charge in [-0.3, -0.25) is 4.79 Å². The number of nitrogens with one attached hydrogen (secondary N) is 1. The van der Waals surface area contributed by atoms with Gasteiger partial charge in [0.05, 0.1) is 0 Å². The van der Waals surface area contributed by atoms with E-state index >= 15 is 0 Å². The van der Waals surface area contributed by atoms with Crippen LogP contribution in [0.2, 0.25) is 0 Å². The fourth-order valence-corrected chi connectivity index (χ4v) is 2.65. The average Bonchev–Trinajstić information content (AvgIpc) is 2.32. The van der Waals surface area contributed by atoms with Gasteiger partial charge in [-0.1, -0.05) is 13.8 Å². The molecule has 1 amide bonds. The fourth-order valence-electron chi connectivity index (χ4n) is 2.65. The normalized spacial score (nSPS) is 28.1. The van der Waals surface area contributed by atoms with Crippen LogP contribution in [0.15, 0.2) is 0 Å². The Morgan fingerprint density at radius 2 is 2.11 bits per heavy atom. The molecule has 1 aliphatic rings. The van der Waals surface area contributed by atoms with Gasteiger partial charge in [0, 0.05) is 31.7 Å². The van der Waals surface area contributed by atoms with E-state index in [1.165, 1.54) is 0 Å². The summed E-state index contributed by atoms with van der Waals surface area (Å²) < 4.78 is 5.37. The Bertz CT molecular complexity index is 236. The molecule has 1 rings (SSSR count). The zero-order chi connectivity index (χ0) is 13.4. The molecule has 0 heterocycles. The highest BCUT2D eigenvalue weighted by atomic mass is 16.5. The monoisotopic (exact) mass is 256 g/mol. The van der Waals surface area contributed by atoms with Crippen LogP contribution >= 0.6 is 0 Å². The Labute approximate surface area is 111 Å². The highest BCUT2D eigenvalue weighted by molar-refractivity contribution is 5.78. The minimum absolute atomic E-state index is 0.111. The minimum Gasteiger partial charge on any atom is -0.381 e. The van der Waals surface area contributed by atoms with E-state index in [1.807, 2.05) is 0 Å². The van der Waals surface area contributed by atoms with Gasteiger partial charge in [-0.15, -0.1) is 0 Å². The van der Waals surface area contributed by atoms with Gasteiger partial charge in [-0.05, 0) is 38.0 Å². The first-order chi connectivity index (χ1) is 8.63. The molecule has 4 nitrogen and oxygen atoms in total. The highest BCUT2D eigenvalue weighted by Gasteiger charge is 2.28. The van der Waals surface area contributed by atoms with E-state index in [1.54, 1.807) is 0 Å².